The van der Waals surface area contributed by atoms with Crippen LogP contribution in [0.3, 0.4) is 0 Å². The van der Waals surface area contributed by atoms with E-state index in [9.17, 15) is 4.79 Å². The molecular weight excluding hydrogens is 462 g/mol. The van der Waals surface area contributed by atoms with Gasteiger partial charge < -0.3 is 9.47 Å². The third kappa shape index (κ3) is 4.77. The molecule has 1 aliphatic carbocycles. The Labute approximate surface area is 208 Å². The third-order valence-electron chi connectivity index (χ3n) is 6.47. The van der Waals surface area contributed by atoms with Crippen molar-refractivity contribution in [1.82, 2.24) is 24.1 Å². The van der Waals surface area contributed by atoms with E-state index in [1.807, 2.05) is 37.3 Å². The molecule has 1 aliphatic rings. The molecule has 8 nitrogen and oxygen atoms in total. The van der Waals surface area contributed by atoms with Crippen LogP contribution in [0.4, 0.5) is 0 Å². The van der Waals surface area contributed by atoms with Gasteiger partial charge in [-0.25, -0.2) is 4.98 Å². The molecule has 1 saturated carbocycles. The lowest BCUT2D eigenvalue weighted by molar-refractivity contribution is 0.339. The van der Waals surface area contributed by atoms with Gasteiger partial charge in [-0.15, -0.1) is 10.2 Å². The van der Waals surface area contributed by atoms with E-state index in [1.165, 1.54) is 19.3 Å². The van der Waals surface area contributed by atoms with Crippen LogP contribution in [0.2, 0.25) is 0 Å². The van der Waals surface area contributed by atoms with E-state index in [4.69, 9.17) is 14.5 Å². The molecule has 3 aromatic heterocycles. The van der Waals surface area contributed by atoms with Gasteiger partial charge in [-0.05, 0) is 55.7 Å². The zero-order valence-electron chi connectivity index (χ0n) is 20.2. The summed E-state index contributed by atoms with van der Waals surface area (Å²) < 4.78 is 14.8. The first-order valence-corrected chi connectivity index (χ1v) is 12.8. The van der Waals surface area contributed by atoms with Crippen molar-refractivity contribution in [2.75, 3.05) is 14.2 Å². The lowest BCUT2D eigenvalue weighted by Gasteiger charge is -2.25. The summed E-state index contributed by atoms with van der Waals surface area (Å²) in [6.45, 7) is 2.00. The van der Waals surface area contributed by atoms with Crippen LogP contribution >= 0.6 is 11.8 Å². The van der Waals surface area contributed by atoms with Crippen LogP contribution in [-0.4, -0.2) is 38.4 Å². The Morgan fingerprint density at radius 2 is 1.80 bits per heavy atom. The smallest absolute Gasteiger partial charge is 0.258 e. The molecule has 9 heteroatoms. The van der Waals surface area contributed by atoms with Crippen LogP contribution in [0.5, 0.6) is 11.5 Å². The highest BCUT2D eigenvalue weighted by atomic mass is 32.2. The molecule has 0 saturated heterocycles. The third-order valence-corrected chi connectivity index (χ3v) is 7.45. The second-order valence-corrected chi connectivity index (χ2v) is 9.79. The number of aromatic nitrogens is 5. The molecule has 0 amide bonds. The summed E-state index contributed by atoms with van der Waals surface area (Å²) in [7, 11) is 3.26. The van der Waals surface area contributed by atoms with E-state index in [0.717, 1.165) is 40.6 Å². The number of hydrogen-bond acceptors (Lipinski definition) is 7. The van der Waals surface area contributed by atoms with Gasteiger partial charge in [0.15, 0.2) is 22.5 Å². The summed E-state index contributed by atoms with van der Waals surface area (Å²) in [5.74, 6) is 2.70. The standard InChI is InChI=1S/C26H29N5O3S/c1-17-11-12-30-23(13-17)27-19(15-24(30)32)16-35-26-29-28-25(31(26)20-7-5-4-6-8-20)18-9-10-21(33-2)22(14-18)34-3/h9-15,20H,4-8,16H2,1-3H3. The molecule has 0 atom stereocenters. The summed E-state index contributed by atoms with van der Waals surface area (Å²) in [6.07, 6.45) is 7.62. The fourth-order valence-corrected chi connectivity index (χ4v) is 5.58. The highest BCUT2D eigenvalue weighted by Gasteiger charge is 2.24. The molecule has 35 heavy (non-hydrogen) atoms. The van der Waals surface area contributed by atoms with E-state index in [-0.39, 0.29) is 5.56 Å². The number of pyridine rings is 1. The lowest BCUT2D eigenvalue weighted by Crippen LogP contribution is -2.16. The van der Waals surface area contributed by atoms with Crippen LogP contribution in [0.25, 0.3) is 17.0 Å². The fraction of sp³-hybridized carbons (Fsp3) is 0.385. The molecule has 5 rings (SSSR count). The maximum atomic E-state index is 12.6. The van der Waals surface area contributed by atoms with Crippen LogP contribution in [0, 0.1) is 6.92 Å². The Morgan fingerprint density at radius 3 is 2.57 bits per heavy atom. The average Bonchev–Trinajstić information content (AvgIpc) is 3.31. The van der Waals surface area contributed by atoms with Gasteiger partial charge in [-0.3, -0.25) is 13.8 Å². The Morgan fingerprint density at radius 1 is 1.00 bits per heavy atom. The van der Waals surface area contributed by atoms with Gasteiger partial charge in [0, 0.05) is 29.6 Å². The molecule has 0 radical (unpaired) electrons. The van der Waals surface area contributed by atoms with E-state index in [0.29, 0.717) is 28.9 Å². The Kier molecular flexibility index (Phi) is 6.77. The van der Waals surface area contributed by atoms with Crippen molar-refractivity contribution < 1.29 is 9.47 Å². The maximum absolute atomic E-state index is 12.6. The zero-order valence-corrected chi connectivity index (χ0v) is 21.0. The monoisotopic (exact) mass is 491 g/mol. The van der Waals surface area contributed by atoms with Crippen LogP contribution in [0.15, 0.2) is 52.5 Å². The predicted molar refractivity (Wildman–Crippen MR) is 136 cm³/mol. The number of nitrogens with zero attached hydrogens (tertiary/aromatic N) is 5. The number of aryl methyl sites for hydroxylation is 1. The molecule has 3 heterocycles. The summed E-state index contributed by atoms with van der Waals surface area (Å²) in [6, 6.07) is 11.6. The summed E-state index contributed by atoms with van der Waals surface area (Å²) in [5, 5.41) is 10.0. The number of benzene rings is 1. The minimum atomic E-state index is -0.0784. The van der Waals surface area contributed by atoms with Crippen LogP contribution in [0.1, 0.15) is 49.4 Å². The van der Waals surface area contributed by atoms with Crippen molar-refractivity contribution in [3.05, 3.63) is 64.2 Å². The molecule has 0 spiro atoms. The first-order valence-electron chi connectivity index (χ1n) is 11.9. The molecule has 4 aromatic rings. The Balaban J connectivity index is 1.49. The van der Waals surface area contributed by atoms with Gasteiger partial charge in [-0.1, -0.05) is 31.0 Å². The van der Waals surface area contributed by atoms with Crippen molar-refractivity contribution in [2.24, 2.45) is 0 Å². The molecule has 1 aromatic carbocycles. The Bertz CT molecular complexity index is 1410. The van der Waals surface area contributed by atoms with Crippen LogP contribution in [-0.2, 0) is 5.75 Å². The lowest BCUT2D eigenvalue weighted by atomic mass is 9.95. The summed E-state index contributed by atoms with van der Waals surface area (Å²) >= 11 is 1.57. The van der Waals surface area contributed by atoms with Gasteiger partial charge in [0.25, 0.3) is 5.56 Å². The number of hydrogen-bond donors (Lipinski definition) is 0. The van der Waals surface area contributed by atoms with Crippen molar-refractivity contribution in [1.29, 1.82) is 0 Å². The van der Waals surface area contributed by atoms with Crippen molar-refractivity contribution in [3.63, 3.8) is 0 Å². The van der Waals surface area contributed by atoms with Crippen molar-refractivity contribution in [2.45, 2.75) is 56.0 Å². The van der Waals surface area contributed by atoms with E-state index >= 15 is 0 Å². The van der Waals surface area contributed by atoms with Crippen molar-refractivity contribution in [3.8, 4) is 22.9 Å². The minimum Gasteiger partial charge on any atom is -0.493 e. The van der Waals surface area contributed by atoms with Crippen LogP contribution < -0.4 is 15.0 Å². The van der Waals surface area contributed by atoms with E-state index in [2.05, 4.69) is 14.8 Å². The molecule has 182 valence electrons. The predicted octanol–water partition coefficient (Wildman–Crippen LogP) is 5.08. The molecule has 1 fully saturated rings. The second-order valence-electron chi connectivity index (χ2n) is 8.84. The van der Waals surface area contributed by atoms with Gasteiger partial charge in [0.2, 0.25) is 0 Å². The molecule has 0 aliphatic heterocycles. The Hall–Kier alpha value is -3.33. The maximum Gasteiger partial charge on any atom is 0.258 e. The van der Waals surface area contributed by atoms with E-state index in [1.54, 1.807) is 42.6 Å². The number of thioether (sulfide) groups is 1. The molecule has 0 unspecified atom stereocenters. The number of methoxy groups -OCH3 is 2. The average molecular weight is 492 g/mol. The highest BCUT2D eigenvalue weighted by Crippen LogP contribution is 2.38. The van der Waals surface area contributed by atoms with Gasteiger partial charge in [0.1, 0.15) is 5.65 Å². The van der Waals surface area contributed by atoms with Gasteiger partial charge >= 0.3 is 0 Å². The SMILES string of the molecule is COc1ccc(-c2nnc(SCc3cc(=O)n4ccc(C)cc4n3)n2C2CCCCC2)cc1OC. The summed E-state index contributed by atoms with van der Waals surface area (Å²) in [4.78, 5) is 17.3. The minimum absolute atomic E-state index is 0.0784. The first-order chi connectivity index (χ1) is 17.1. The highest BCUT2D eigenvalue weighted by molar-refractivity contribution is 7.98. The van der Waals surface area contributed by atoms with Gasteiger partial charge in [0.05, 0.1) is 19.9 Å². The zero-order chi connectivity index (χ0) is 24.4. The molecule has 0 N–H and O–H groups in total. The second kappa shape index (κ2) is 10.1. The summed E-state index contributed by atoms with van der Waals surface area (Å²) in [5.41, 5.74) is 3.32. The van der Waals surface area contributed by atoms with Crippen molar-refractivity contribution >= 4 is 17.4 Å². The number of rotatable bonds is 7. The topological polar surface area (TPSA) is 83.5 Å². The molecule has 0 bridgehead atoms. The first kappa shape index (κ1) is 23.4. The number of fused-ring (bicyclic) bond motifs is 1. The quantitative estimate of drug-likeness (QED) is 0.334. The fourth-order valence-electron chi connectivity index (χ4n) is 4.68. The largest absolute Gasteiger partial charge is 0.493 e. The normalized spacial score (nSPS) is 14.4. The molecular formula is C26H29N5O3S. The number of ether oxygens (including phenoxy) is 2. The van der Waals surface area contributed by atoms with Gasteiger partial charge in [-0.2, -0.15) is 0 Å². The van der Waals surface area contributed by atoms with E-state index < -0.39 is 0 Å².